The van der Waals surface area contributed by atoms with E-state index in [1.165, 1.54) is 50.9 Å². The summed E-state index contributed by atoms with van der Waals surface area (Å²) in [6.45, 7) is 5.84. The monoisotopic (exact) mass is 326 g/mol. The fourth-order valence-corrected chi connectivity index (χ4v) is 3.84. The minimum Gasteiger partial charge on any atom is -0.350 e. The molecule has 2 aromatic rings. The average Bonchev–Trinajstić information content (AvgIpc) is 2.91. The van der Waals surface area contributed by atoms with Gasteiger partial charge in [-0.1, -0.05) is 24.5 Å². The highest BCUT2D eigenvalue weighted by molar-refractivity contribution is 6.08. The van der Waals surface area contributed by atoms with Crippen LogP contribution in [0.3, 0.4) is 0 Å². The third-order valence-corrected chi connectivity index (χ3v) is 5.27. The van der Waals surface area contributed by atoms with E-state index < -0.39 is 0 Å². The van der Waals surface area contributed by atoms with Crippen LogP contribution in [0.5, 0.6) is 0 Å². The third-order valence-electron chi connectivity index (χ3n) is 5.27. The van der Waals surface area contributed by atoms with Gasteiger partial charge in [-0.15, -0.1) is 0 Å². The van der Waals surface area contributed by atoms with E-state index in [0.717, 1.165) is 29.3 Å². The molecule has 1 aliphatic rings. The molecule has 0 radical (unpaired) electrons. The summed E-state index contributed by atoms with van der Waals surface area (Å²) in [5, 5.41) is 1.11. The Morgan fingerprint density at radius 2 is 1.88 bits per heavy atom. The van der Waals surface area contributed by atoms with Crippen molar-refractivity contribution in [3.8, 4) is 0 Å². The Labute approximate surface area is 145 Å². The first-order valence-corrected chi connectivity index (χ1v) is 9.46. The molecule has 1 saturated heterocycles. The van der Waals surface area contributed by atoms with Gasteiger partial charge in [0, 0.05) is 36.1 Å². The number of carbonyl (C=O) groups excluding carboxylic acids is 1. The zero-order valence-electron chi connectivity index (χ0n) is 15.2. The van der Waals surface area contributed by atoms with Crippen molar-refractivity contribution < 1.29 is 4.79 Å². The molecule has 0 amide bonds. The van der Waals surface area contributed by atoms with Gasteiger partial charge in [-0.05, 0) is 64.4 Å². The third kappa shape index (κ3) is 4.07. The van der Waals surface area contributed by atoms with Crippen molar-refractivity contribution in [2.75, 3.05) is 19.6 Å². The Hall–Kier alpha value is -1.61. The van der Waals surface area contributed by atoms with Crippen molar-refractivity contribution in [3.05, 3.63) is 35.5 Å². The number of Topliss-reactive ketones (excluding diaryl/α,β-unsaturated/α-hetero) is 1. The van der Waals surface area contributed by atoms with Crippen LogP contribution in [0.25, 0.3) is 10.9 Å². The summed E-state index contributed by atoms with van der Waals surface area (Å²) in [6.07, 6.45) is 10.2. The van der Waals surface area contributed by atoms with Crippen LogP contribution in [0.2, 0.25) is 0 Å². The number of nitrogens with zero attached hydrogens (tertiary/aromatic N) is 2. The smallest absolute Gasteiger partial charge is 0.165 e. The Morgan fingerprint density at radius 1 is 1.08 bits per heavy atom. The highest BCUT2D eigenvalue weighted by Crippen LogP contribution is 2.24. The molecular weight excluding hydrogens is 296 g/mol. The molecule has 1 fully saturated rings. The summed E-state index contributed by atoms with van der Waals surface area (Å²) in [6, 6.07) is 6.36. The molecule has 130 valence electrons. The molecule has 0 unspecified atom stereocenters. The maximum atomic E-state index is 12.6. The standard InChI is InChI=1S/C21H30N2O/c1-17-10-11-20-18(15-17)19(16-22(20)2)21(24)9-5-3-6-12-23-13-7-4-8-14-23/h10-11,15-16H,3-9,12-14H2,1-2H3. The van der Waals surface area contributed by atoms with Crippen LogP contribution in [0.15, 0.2) is 24.4 Å². The molecule has 1 aromatic carbocycles. The molecule has 2 heterocycles. The van der Waals surface area contributed by atoms with Gasteiger partial charge >= 0.3 is 0 Å². The highest BCUT2D eigenvalue weighted by atomic mass is 16.1. The predicted molar refractivity (Wildman–Crippen MR) is 101 cm³/mol. The average molecular weight is 326 g/mol. The maximum absolute atomic E-state index is 12.6. The van der Waals surface area contributed by atoms with Gasteiger partial charge in [0.2, 0.25) is 0 Å². The number of hydrogen-bond acceptors (Lipinski definition) is 2. The summed E-state index contributed by atoms with van der Waals surface area (Å²) in [5.74, 6) is 0.296. The van der Waals surface area contributed by atoms with Crippen molar-refractivity contribution in [3.63, 3.8) is 0 Å². The Kier molecular flexibility index (Phi) is 5.72. The minimum atomic E-state index is 0.296. The largest absolute Gasteiger partial charge is 0.350 e. The highest BCUT2D eigenvalue weighted by Gasteiger charge is 2.14. The van der Waals surface area contributed by atoms with Crippen LogP contribution >= 0.6 is 0 Å². The Morgan fingerprint density at radius 3 is 2.67 bits per heavy atom. The van der Waals surface area contributed by atoms with Crippen LogP contribution in [-0.2, 0) is 7.05 Å². The number of aromatic nitrogens is 1. The van der Waals surface area contributed by atoms with Crippen molar-refractivity contribution >= 4 is 16.7 Å². The zero-order valence-corrected chi connectivity index (χ0v) is 15.2. The van der Waals surface area contributed by atoms with Crippen LogP contribution in [0.1, 0.15) is 60.9 Å². The predicted octanol–water partition coefficient (Wildman–Crippen LogP) is 4.72. The van der Waals surface area contributed by atoms with E-state index in [4.69, 9.17) is 0 Å². The summed E-state index contributed by atoms with van der Waals surface area (Å²) in [5.41, 5.74) is 3.26. The van der Waals surface area contributed by atoms with Gasteiger partial charge in [0.15, 0.2) is 5.78 Å². The Balaban J connectivity index is 1.49. The molecule has 1 aliphatic heterocycles. The number of ketones is 1. The molecule has 0 saturated carbocycles. The maximum Gasteiger partial charge on any atom is 0.165 e. The van der Waals surface area contributed by atoms with E-state index in [-0.39, 0.29) is 0 Å². The van der Waals surface area contributed by atoms with Gasteiger partial charge < -0.3 is 9.47 Å². The number of hydrogen-bond donors (Lipinski definition) is 0. The molecule has 0 spiro atoms. The number of unbranched alkanes of at least 4 members (excludes halogenated alkanes) is 2. The summed E-state index contributed by atoms with van der Waals surface area (Å²) in [7, 11) is 2.02. The van der Waals surface area contributed by atoms with Gasteiger partial charge in [-0.25, -0.2) is 0 Å². The van der Waals surface area contributed by atoms with Gasteiger partial charge in [0.05, 0.1) is 0 Å². The molecular formula is C21H30N2O. The Bertz CT molecular complexity index is 695. The fraction of sp³-hybridized carbons (Fsp3) is 0.571. The lowest BCUT2D eigenvalue weighted by molar-refractivity contribution is 0.0980. The van der Waals surface area contributed by atoms with E-state index in [0.29, 0.717) is 12.2 Å². The number of rotatable bonds is 7. The molecule has 3 rings (SSSR count). The first kappa shape index (κ1) is 17.2. The topological polar surface area (TPSA) is 25.2 Å². The van der Waals surface area contributed by atoms with Crippen LogP contribution in [0, 0.1) is 6.92 Å². The quantitative estimate of drug-likeness (QED) is 0.543. The normalized spacial score (nSPS) is 15.9. The van der Waals surface area contributed by atoms with Crippen LogP contribution in [-0.4, -0.2) is 34.9 Å². The molecule has 1 aromatic heterocycles. The van der Waals surface area contributed by atoms with Gasteiger partial charge in [-0.2, -0.15) is 0 Å². The molecule has 3 nitrogen and oxygen atoms in total. The van der Waals surface area contributed by atoms with Crippen LogP contribution in [0.4, 0.5) is 0 Å². The second kappa shape index (κ2) is 7.98. The number of fused-ring (bicyclic) bond motifs is 1. The lowest BCUT2D eigenvalue weighted by Crippen LogP contribution is -2.30. The fourth-order valence-electron chi connectivity index (χ4n) is 3.84. The number of aryl methyl sites for hydroxylation is 2. The molecule has 0 bridgehead atoms. The van der Waals surface area contributed by atoms with Gasteiger partial charge in [0.1, 0.15) is 0 Å². The molecule has 0 atom stereocenters. The van der Waals surface area contributed by atoms with E-state index >= 15 is 0 Å². The molecule has 24 heavy (non-hydrogen) atoms. The minimum absolute atomic E-state index is 0.296. The number of benzene rings is 1. The summed E-state index contributed by atoms with van der Waals surface area (Å²) >= 11 is 0. The summed E-state index contributed by atoms with van der Waals surface area (Å²) < 4.78 is 2.07. The zero-order chi connectivity index (χ0) is 16.9. The SMILES string of the molecule is Cc1ccc2c(c1)c(C(=O)CCCCCN1CCCCC1)cn2C. The van der Waals surface area contributed by atoms with E-state index in [2.05, 4.69) is 34.6 Å². The van der Waals surface area contributed by atoms with Gasteiger partial charge in [0.25, 0.3) is 0 Å². The first-order chi connectivity index (χ1) is 11.6. The molecule has 3 heteroatoms. The number of carbonyl (C=O) groups is 1. The number of piperidine rings is 1. The van der Waals surface area contributed by atoms with Crippen LogP contribution < -0.4 is 0 Å². The van der Waals surface area contributed by atoms with Crippen molar-refractivity contribution in [1.29, 1.82) is 0 Å². The van der Waals surface area contributed by atoms with Gasteiger partial charge in [-0.3, -0.25) is 4.79 Å². The lowest BCUT2D eigenvalue weighted by atomic mass is 10.0. The second-order valence-corrected chi connectivity index (χ2v) is 7.31. The second-order valence-electron chi connectivity index (χ2n) is 7.31. The summed E-state index contributed by atoms with van der Waals surface area (Å²) in [4.78, 5) is 15.2. The van der Waals surface area contributed by atoms with E-state index in [9.17, 15) is 4.79 Å². The van der Waals surface area contributed by atoms with Crippen molar-refractivity contribution in [2.45, 2.75) is 51.9 Å². The van der Waals surface area contributed by atoms with E-state index in [1.807, 2.05) is 13.2 Å². The molecule has 0 aliphatic carbocycles. The van der Waals surface area contributed by atoms with E-state index in [1.54, 1.807) is 0 Å². The number of likely N-dealkylation sites (tertiary alicyclic amines) is 1. The first-order valence-electron chi connectivity index (χ1n) is 9.46. The lowest BCUT2D eigenvalue weighted by Gasteiger charge is -2.26. The molecule has 0 N–H and O–H groups in total. The van der Waals surface area contributed by atoms with Crippen molar-refractivity contribution in [1.82, 2.24) is 9.47 Å². The van der Waals surface area contributed by atoms with Crippen molar-refractivity contribution in [2.24, 2.45) is 7.05 Å².